The minimum absolute atomic E-state index is 0.192. The summed E-state index contributed by atoms with van der Waals surface area (Å²) in [6.45, 7) is 1.22. The number of rotatable bonds is 5. The van der Waals surface area contributed by atoms with E-state index in [2.05, 4.69) is 101 Å². The molecule has 0 aliphatic carbocycles. The van der Waals surface area contributed by atoms with E-state index in [1.807, 2.05) is 23.9 Å². The van der Waals surface area contributed by atoms with Crippen LogP contribution in [0.1, 0.15) is 28.9 Å². The van der Waals surface area contributed by atoms with E-state index in [-0.39, 0.29) is 5.78 Å². The number of Topliss-reactive ketones (excluding diaryl/α,β-unsaturated/α-hetero) is 1. The number of nitrogens with zero attached hydrogens (tertiary/aromatic N) is 3. The summed E-state index contributed by atoms with van der Waals surface area (Å²) in [4.78, 5) is 19.9. The smallest absolute Gasteiger partial charge is 0.161 e. The highest BCUT2D eigenvalue weighted by Crippen LogP contribution is 2.43. The summed E-state index contributed by atoms with van der Waals surface area (Å²) in [7, 11) is 1.95. The largest absolute Gasteiger partial charge is 0.335 e. The van der Waals surface area contributed by atoms with E-state index in [0.29, 0.717) is 19.5 Å². The Kier molecular flexibility index (Phi) is 5.76. The van der Waals surface area contributed by atoms with E-state index >= 15 is 0 Å². The molecule has 0 atom stereocenters. The van der Waals surface area contributed by atoms with Gasteiger partial charge in [-0.05, 0) is 22.8 Å². The number of piperidine rings is 1. The first kappa shape index (κ1) is 21.1. The Bertz CT molecular complexity index is 1160. The van der Waals surface area contributed by atoms with Gasteiger partial charge in [0.05, 0.1) is 5.54 Å². The third-order valence-corrected chi connectivity index (χ3v) is 6.54. The maximum Gasteiger partial charge on any atom is 0.161 e. The molecule has 0 amide bonds. The van der Waals surface area contributed by atoms with E-state index in [4.69, 9.17) is 0 Å². The van der Waals surface area contributed by atoms with Gasteiger partial charge in [-0.25, -0.2) is 4.98 Å². The van der Waals surface area contributed by atoms with Gasteiger partial charge in [-0.3, -0.25) is 9.69 Å². The number of imidazole rings is 1. The van der Waals surface area contributed by atoms with Crippen LogP contribution in [0.4, 0.5) is 0 Å². The van der Waals surface area contributed by atoms with Crippen molar-refractivity contribution in [1.29, 1.82) is 0 Å². The Balaban J connectivity index is 1.72. The van der Waals surface area contributed by atoms with Gasteiger partial charge in [-0.2, -0.15) is 0 Å². The van der Waals surface area contributed by atoms with Crippen molar-refractivity contribution in [3.8, 4) is 0 Å². The van der Waals surface area contributed by atoms with Crippen LogP contribution in [0.25, 0.3) is 6.08 Å². The fourth-order valence-corrected chi connectivity index (χ4v) is 4.94. The lowest BCUT2D eigenvalue weighted by Gasteiger charge is -2.47. The fourth-order valence-electron chi connectivity index (χ4n) is 4.94. The van der Waals surface area contributed by atoms with Crippen molar-refractivity contribution in [1.82, 2.24) is 14.5 Å². The molecule has 1 aliphatic rings. The Morgan fingerprint density at radius 3 is 1.79 bits per heavy atom. The third kappa shape index (κ3) is 3.83. The number of carbonyl (C=O) groups is 1. The molecule has 0 saturated carbocycles. The number of aromatic nitrogens is 2. The van der Waals surface area contributed by atoms with Crippen LogP contribution in [0.5, 0.6) is 0 Å². The lowest BCUT2D eigenvalue weighted by atomic mass is 9.74. The van der Waals surface area contributed by atoms with Crippen molar-refractivity contribution in [2.75, 3.05) is 13.1 Å². The molecule has 4 nitrogen and oxygen atoms in total. The number of carbonyl (C=O) groups excluding carboxylic acids is 1. The summed E-state index contributed by atoms with van der Waals surface area (Å²) in [5, 5.41) is 0. The zero-order chi connectivity index (χ0) is 22.7. The highest BCUT2D eigenvalue weighted by atomic mass is 16.1. The molecule has 5 rings (SSSR count). The fraction of sp³-hybridized carbons (Fsp3) is 0.172. The molecule has 3 aromatic carbocycles. The van der Waals surface area contributed by atoms with Crippen molar-refractivity contribution in [3.63, 3.8) is 0 Å². The van der Waals surface area contributed by atoms with Gasteiger partial charge in [0.15, 0.2) is 5.78 Å². The minimum Gasteiger partial charge on any atom is -0.335 e. The average molecular weight is 434 g/mol. The maximum absolute atomic E-state index is 13.0. The molecule has 33 heavy (non-hydrogen) atoms. The predicted octanol–water partition coefficient (Wildman–Crippen LogP) is 5.07. The molecular weight excluding hydrogens is 406 g/mol. The van der Waals surface area contributed by atoms with Gasteiger partial charge in [-0.15, -0.1) is 0 Å². The van der Waals surface area contributed by atoms with Crippen LogP contribution in [-0.4, -0.2) is 33.3 Å². The Labute approximate surface area is 194 Å². The summed E-state index contributed by atoms with van der Waals surface area (Å²) in [5.41, 5.74) is 3.84. The van der Waals surface area contributed by atoms with Crippen LogP contribution in [0.15, 0.2) is 109 Å². The maximum atomic E-state index is 13.0. The molecular formula is C29H27N3O. The Hall–Kier alpha value is -3.76. The molecule has 4 heteroatoms. The lowest BCUT2D eigenvalue weighted by Crippen LogP contribution is -2.52. The zero-order valence-electron chi connectivity index (χ0n) is 18.8. The SMILES string of the molecule is Cn1ccnc1/C=C1/CN(C(c2ccccc2)(c2ccccc2)c2ccccc2)CCC1=O. The molecule has 2 heterocycles. The molecule has 0 spiro atoms. The van der Waals surface area contributed by atoms with E-state index < -0.39 is 5.54 Å². The zero-order valence-corrected chi connectivity index (χ0v) is 18.8. The topological polar surface area (TPSA) is 38.1 Å². The van der Waals surface area contributed by atoms with Gasteiger partial charge >= 0.3 is 0 Å². The van der Waals surface area contributed by atoms with Crippen molar-refractivity contribution in [2.45, 2.75) is 12.0 Å². The summed E-state index contributed by atoms with van der Waals surface area (Å²) >= 11 is 0. The van der Waals surface area contributed by atoms with Crippen LogP contribution < -0.4 is 0 Å². The molecule has 4 aromatic rings. The number of ketones is 1. The second-order valence-electron chi connectivity index (χ2n) is 8.47. The van der Waals surface area contributed by atoms with Crippen molar-refractivity contribution >= 4 is 11.9 Å². The monoisotopic (exact) mass is 433 g/mol. The van der Waals surface area contributed by atoms with Crippen LogP contribution in [-0.2, 0) is 17.4 Å². The molecule has 1 aromatic heterocycles. The van der Waals surface area contributed by atoms with Crippen molar-refractivity contribution in [3.05, 3.63) is 131 Å². The highest BCUT2D eigenvalue weighted by Gasteiger charge is 2.44. The quantitative estimate of drug-likeness (QED) is 0.326. The molecule has 1 saturated heterocycles. The van der Waals surface area contributed by atoms with E-state index in [0.717, 1.165) is 11.4 Å². The van der Waals surface area contributed by atoms with E-state index in [1.54, 1.807) is 6.20 Å². The number of hydrogen-bond acceptors (Lipinski definition) is 3. The summed E-state index contributed by atoms with van der Waals surface area (Å²) in [6, 6.07) is 31.9. The minimum atomic E-state index is -0.523. The Morgan fingerprint density at radius 1 is 0.818 bits per heavy atom. The number of benzene rings is 3. The molecule has 1 aliphatic heterocycles. The Morgan fingerprint density at radius 2 is 1.33 bits per heavy atom. The second kappa shape index (κ2) is 9.00. The first-order valence-electron chi connectivity index (χ1n) is 11.3. The molecule has 0 unspecified atom stereocenters. The van der Waals surface area contributed by atoms with Crippen molar-refractivity contribution in [2.24, 2.45) is 7.05 Å². The molecule has 0 N–H and O–H groups in total. The standard InChI is InChI=1S/C29H27N3O/c1-31-20-18-30-28(31)21-23-22-32(19-17-27(23)33)29(24-11-5-2-6-12-24,25-13-7-3-8-14-25)26-15-9-4-10-16-26/h2-16,18,20-21H,17,19,22H2,1H3/b23-21-. The second-order valence-corrected chi connectivity index (χ2v) is 8.47. The molecule has 1 fully saturated rings. The molecule has 0 bridgehead atoms. The van der Waals surface area contributed by atoms with E-state index in [1.165, 1.54) is 16.7 Å². The molecule has 0 radical (unpaired) electrons. The van der Waals surface area contributed by atoms with Gasteiger partial charge in [0, 0.05) is 44.5 Å². The first-order chi connectivity index (χ1) is 16.2. The normalized spacial score (nSPS) is 16.3. The van der Waals surface area contributed by atoms with Crippen LogP contribution in [0, 0.1) is 0 Å². The number of aryl methyl sites for hydroxylation is 1. The summed E-state index contributed by atoms with van der Waals surface area (Å²) in [5.74, 6) is 0.988. The predicted molar refractivity (Wildman–Crippen MR) is 132 cm³/mol. The summed E-state index contributed by atoms with van der Waals surface area (Å²) < 4.78 is 1.94. The van der Waals surface area contributed by atoms with Gasteiger partial charge < -0.3 is 4.57 Å². The average Bonchev–Trinajstić information content (AvgIpc) is 3.28. The highest BCUT2D eigenvalue weighted by molar-refractivity contribution is 6.00. The van der Waals surface area contributed by atoms with Gasteiger partial charge in [-0.1, -0.05) is 91.0 Å². The van der Waals surface area contributed by atoms with Gasteiger partial charge in [0.2, 0.25) is 0 Å². The van der Waals surface area contributed by atoms with Crippen molar-refractivity contribution < 1.29 is 4.79 Å². The number of likely N-dealkylation sites (tertiary alicyclic amines) is 1. The molecule has 164 valence electrons. The number of hydrogen-bond donors (Lipinski definition) is 0. The third-order valence-electron chi connectivity index (χ3n) is 6.54. The van der Waals surface area contributed by atoms with Gasteiger partial charge in [0.25, 0.3) is 0 Å². The first-order valence-corrected chi connectivity index (χ1v) is 11.3. The van der Waals surface area contributed by atoms with Crippen LogP contribution in [0.3, 0.4) is 0 Å². The summed E-state index contributed by atoms with van der Waals surface area (Å²) in [6.07, 6.45) is 6.09. The van der Waals surface area contributed by atoms with E-state index in [9.17, 15) is 4.79 Å². The van der Waals surface area contributed by atoms with Crippen LogP contribution in [0.2, 0.25) is 0 Å². The van der Waals surface area contributed by atoms with Crippen LogP contribution >= 0.6 is 0 Å². The lowest BCUT2D eigenvalue weighted by molar-refractivity contribution is -0.117. The van der Waals surface area contributed by atoms with Gasteiger partial charge in [0.1, 0.15) is 5.82 Å².